The zero-order valence-electron chi connectivity index (χ0n) is 16.5. The summed E-state index contributed by atoms with van der Waals surface area (Å²) in [4.78, 5) is 0.795. The molecule has 1 aliphatic carbocycles. The van der Waals surface area contributed by atoms with Crippen molar-refractivity contribution in [2.45, 2.75) is 30.1 Å². The normalized spacial score (nSPS) is 20.5. The zero-order chi connectivity index (χ0) is 20.1. The summed E-state index contributed by atoms with van der Waals surface area (Å²) in [5.41, 5.74) is 4.70. The van der Waals surface area contributed by atoms with Gasteiger partial charge in [-0.25, -0.2) is 0 Å². The smallest absolute Gasteiger partial charge is 0.189 e. The van der Waals surface area contributed by atoms with Gasteiger partial charge in [0.2, 0.25) is 0 Å². The zero-order valence-corrected chi connectivity index (χ0v) is 17.4. The van der Waals surface area contributed by atoms with Crippen LogP contribution >= 0.6 is 0 Å². The number of rotatable bonds is 1. The molecule has 2 atom stereocenters. The van der Waals surface area contributed by atoms with Gasteiger partial charge < -0.3 is 4.55 Å². The van der Waals surface area contributed by atoms with E-state index in [0.29, 0.717) is 0 Å². The maximum absolute atomic E-state index is 13.0. The Hall–Kier alpha value is -2.88. The van der Waals surface area contributed by atoms with Crippen LogP contribution < -0.4 is 0 Å². The van der Waals surface area contributed by atoms with Gasteiger partial charge in [-0.05, 0) is 76.2 Å². The van der Waals surface area contributed by atoms with Gasteiger partial charge in [-0.1, -0.05) is 65.1 Å². The van der Waals surface area contributed by atoms with E-state index in [2.05, 4.69) is 60.7 Å². The molecule has 4 aromatic carbocycles. The second-order valence-electron chi connectivity index (χ2n) is 8.10. The molecule has 2 nitrogen and oxygen atoms in total. The molecule has 4 aromatic rings. The largest absolute Gasteiger partial charge is 0.586 e. The van der Waals surface area contributed by atoms with Crippen LogP contribution in [0.4, 0.5) is 0 Å². The molecule has 0 fully saturated rings. The average molecular weight is 408 g/mol. The number of benzene rings is 4. The number of fused-ring (bicyclic) bond motifs is 6. The van der Waals surface area contributed by atoms with Crippen LogP contribution in [0.15, 0.2) is 88.2 Å². The molecule has 1 heterocycles. The topological polar surface area (TPSA) is 35.4 Å². The standard InChI is InChI=1S/C27H21NOS/c29-30-26-11-4-2-7-19(26)14-17-25(28-30)24-10-5-8-20-13-15-22-21-9-3-1-6-18(21)12-16-23(22)27(20)24/h1-4,6-7,9,11-17,24H,5,8,10H2. The molecule has 1 aliphatic heterocycles. The van der Waals surface area contributed by atoms with E-state index in [1.165, 1.54) is 32.7 Å². The van der Waals surface area contributed by atoms with Crippen molar-refractivity contribution in [3.63, 3.8) is 0 Å². The van der Waals surface area contributed by atoms with Crippen LogP contribution in [-0.2, 0) is 17.8 Å². The second kappa shape index (κ2) is 7.12. The van der Waals surface area contributed by atoms with Gasteiger partial charge >= 0.3 is 0 Å². The first-order chi connectivity index (χ1) is 14.8. The Morgan fingerprint density at radius 2 is 1.63 bits per heavy atom. The molecule has 30 heavy (non-hydrogen) atoms. The predicted octanol–water partition coefficient (Wildman–Crippen LogP) is 6.60. The Morgan fingerprint density at radius 3 is 2.60 bits per heavy atom. The fraction of sp³-hybridized carbons (Fsp3) is 0.148. The lowest BCUT2D eigenvalue weighted by molar-refractivity contribution is 0.596. The van der Waals surface area contributed by atoms with Crippen molar-refractivity contribution in [1.82, 2.24) is 0 Å². The summed E-state index contributed by atoms with van der Waals surface area (Å²) in [6, 6.07) is 25.5. The average Bonchev–Trinajstić information content (AvgIpc) is 2.97. The maximum atomic E-state index is 13.0. The number of hydrogen-bond donors (Lipinski definition) is 0. The highest BCUT2D eigenvalue weighted by atomic mass is 32.2. The summed E-state index contributed by atoms with van der Waals surface area (Å²) < 4.78 is 17.7. The van der Waals surface area contributed by atoms with Crippen LogP contribution in [0.5, 0.6) is 0 Å². The van der Waals surface area contributed by atoms with E-state index < -0.39 is 11.4 Å². The minimum absolute atomic E-state index is 0.174. The van der Waals surface area contributed by atoms with Crippen LogP contribution in [0.3, 0.4) is 0 Å². The van der Waals surface area contributed by atoms with Crippen LogP contribution in [0, 0.1) is 0 Å². The van der Waals surface area contributed by atoms with E-state index >= 15 is 0 Å². The number of allylic oxidation sites excluding steroid dienone is 1. The summed E-state index contributed by atoms with van der Waals surface area (Å²) in [7, 11) is 0. The van der Waals surface area contributed by atoms with Gasteiger partial charge in [0.05, 0.1) is 5.71 Å². The Bertz CT molecular complexity index is 1350. The summed E-state index contributed by atoms with van der Waals surface area (Å²) in [6.45, 7) is 0. The highest BCUT2D eigenvalue weighted by Gasteiger charge is 2.29. The lowest BCUT2D eigenvalue weighted by atomic mass is 9.77. The van der Waals surface area contributed by atoms with Crippen molar-refractivity contribution in [3.8, 4) is 0 Å². The van der Waals surface area contributed by atoms with E-state index in [4.69, 9.17) is 4.40 Å². The predicted molar refractivity (Wildman–Crippen MR) is 126 cm³/mol. The van der Waals surface area contributed by atoms with E-state index in [9.17, 15) is 4.55 Å². The first-order valence-electron chi connectivity index (χ1n) is 10.5. The van der Waals surface area contributed by atoms with Crippen molar-refractivity contribution < 1.29 is 4.55 Å². The third kappa shape index (κ3) is 2.81. The Labute approximate surface area is 179 Å². The molecular weight excluding hydrogens is 386 g/mol. The van der Waals surface area contributed by atoms with Gasteiger partial charge in [-0.3, -0.25) is 0 Å². The molecule has 0 N–H and O–H groups in total. The molecular formula is C27H21NOS. The number of nitrogens with zero attached hydrogens (tertiary/aromatic N) is 1. The molecule has 0 spiro atoms. The number of hydrogen-bond acceptors (Lipinski definition) is 2. The van der Waals surface area contributed by atoms with Crippen LogP contribution in [0.2, 0.25) is 0 Å². The minimum atomic E-state index is -1.37. The SMILES string of the molecule is [O-][S+]1N=C(C2CCCc3ccc4c(ccc5ccccc54)c32)C=Cc2ccccc21. The van der Waals surface area contributed by atoms with Gasteiger partial charge in [-0.2, -0.15) is 0 Å². The van der Waals surface area contributed by atoms with Crippen molar-refractivity contribution >= 4 is 44.7 Å². The molecule has 0 aromatic heterocycles. The quantitative estimate of drug-likeness (QED) is 0.258. The molecule has 3 heteroatoms. The molecule has 0 saturated heterocycles. The van der Waals surface area contributed by atoms with E-state index in [-0.39, 0.29) is 5.92 Å². The Morgan fingerprint density at radius 1 is 0.800 bits per heavy atom. The third-order valence-corrected chi connectivity index (χ3v) is 7.56. The van der Waals surface area contributed by atoms with Crippen molar-refractivity contribution in [3.05, 3.63) is 95.6 Å². The highest BCUT2D eigenvalue weighted by Crippen LogP contribution is 2.41. The molecule has 0 amide bonds. The molecule has 2 aliphatic rings. The molecule has 146 valence electrons. The van der Waals surface area contributed by atoms with Gasteiger partial charge in [0.25, 0.3) is 0 Å². The lowest BCUT2D eigenvalue weighted by Gasteiger charge is -2.27. The van der Waals surface area contributed by atoms with Crippen LogP contribution in [0.1, 0.15) is 35.4 Å². The first kappa shape index (κ1) is 17.9. The Balaban J connectivity index is 1.55. The summed E-state index contributed by atoms with van der Waals surface area (Å²) in [6.07, 6.45) is 7.42. The number of aryl methyl sites for hydroxylation is 1. The highest BCUT2D eigenvalue weighted by molar-refractivity contribution is 7.90. The Kier molecular flexibility index (Phi) is 4.26. The molecule has 6 rings (SSSR count). The summed E-state index contributed by atoms with van der Waals surface area (Å²) >= 11 is -1.37. The first-order valence-corrected chi connectivity index (χ1v) is 11.6. The van der Waals surface area contributed by atoms with Gasteiger partial charge in [0.15, 0.2) is 4.90 Å². The molecule has 0 radical (unpaired) electrons. The summed E-state index contributed by atoms with van der Waals surface area (Å²) in [5, 5.41) is 5.15. The second-order valence-corrected chi connectivity index (χ2v) is 9.22. The van der Waals surface area contributed by atoms with Gasteiger partial charge in [0.1, 0.15) is 11.4 Å². The van der Waals surface area contributed by atoms with Gasteiger partial charge in [-0.15, -0.1) is 0 Å². The molecule has 0 bridgehead atoms. The fourth-order valence-corrected chi connectivity index (χ4v) is 6.04. The van der Waals surface area contributed by atoms with Crippen LogP contribution in [0.25, 0.3) is 27.6 Å². The van der Waals surface area contributed by atoms with E-state index in [1.54, 1.807) is 0 Å². The minimum Gasteiger partial charge on any atom is -0.586 e. The summed E-state index contributed by atoms with van der Waals surface area (Å²) in [5.74, 6) is 0.174. The van der Waals surface area contributed by atoms with E-state index in [1.807, 2.05) is 24.3 Å². The lowest BCUT2D eigenvalue weighted by Crippen LogP contribution is -2.18. The van der Waals surface area contributed by atoms with Crippen molar-refractivity contribution in [2.24, 2.45) is 4.40 Å². The van der Waals surface area contributed by atoms with Gasteiger partial charge in [0, 0.05) is 11.5 Å². The maximum Gasteiger partial charge on any atom is 0.189 e. The van der Waals surface area contributed by atoms with Crippen LogP contribution in [-0.4, -0.2) is 10.3 Å². The molecule has 2 unspecified atom stereocenters. The monoisotopic (exact) mass is 407 g/mol. The van der Waals surface area contributed by atoms with Crippen molar-refractivity contribution in [2.75, 3.05) is 0 Å². The fourth-order valence-electron chi connectivity index (χ4n) is 5.03. The molecule has 0 saturated carbocycles. The van der Waals surface area contributed by atoms with E-state index in [0.717, 1.165) is 35.4 Å². The van der Waals surface area contributed by atoms with Crippen molar-refractivity contribution in [1.29, 1.82) is 0 Å². The third-order valence-electron chi connectivity index (χ3n) is 6.43.